The molecule has 0 atom stereocenters. The van der Waals surface area contributed by atoms with Crippen LogP contribution in [-0.4, -0.2) is 65.6 Å². The molecule has 1 amide bonds. The predicted molar refractivity (Wildman–Crippen MR) is 165 cm³/mol. The Kier molecular flexibility index (Phi) is 11.5. The summed E-state index contributed by atoms with van der Waals surface area (Å²) in [6, 6.07) is 3.15. The number of likely N-dealkylation sites (N-methyl/N-ethyl adjacent to an activating group) is 1. The summed E-state index contributed by atoms with van der Waals surface area (Å²) in [6.45, 7) is 12.9. The SMILES string of the molecule is CC=C(C=C(C#CC1CCN(C2CCC2)CC1)C=CC(=O)NCc1c(C)cc(C)[nH]c1=O)N(CC)C1CCOCC1. The van der Waals surface area contributed by atoms with Gasteiger partial charge in [0.15, 0.2) is 0 Å². The van der Waals surface area contributed by atoms with E-state index in [-0.39, 0.29) is 18.0 Å². The molecule has 0 radical (unpaired) electrons. The smallest absolute Gasteiger partial charge is 0.253 e. The van der Waals surface area contributed by atoms with Crippen molar-refractivity contribution >= 4 is 5.91 Å². The number of nitrogens with zero attached hydrogens (tertiary/aromatic N) is 2. The Morgan fingerprint density at radius 3 is 2.49 bits per heavy atom. The number of ether oxygens (including phenoxy) is 1. The molecule has 222 valence electrons. The standard InChI is InChI=1S/C34H48N4O3/c1-5-29(38(6-2)31-16-20-41-21-17-31)23-28(11-10-27-14-18-37(19-15-27)30-8-7-9-30)12-13-33(39)35-24-32-25(3)22-26(4)36-34(32)40/h5,12-13,22-23,27,30-31H,6-9,14-21,24H2,1-4H3,(H,35,39)(H,36,40). The van der Waals surface area contributed by atoms with Gasteiger partial charge in [0.2, 0.25) is 5.91 Å². The predicted octanol–water partition coefficient (Wildman–Crippen LogP) is 4.76. The van der Waals surface area contributed by atoms with Crippen LogP contribution in [0.1, 0.15) is 75.6 Å². The molecule has 0 spiro atoms. The van der Waals surface area contributed by atoms with Gasteiger partial charge in [-0.3, -0.25) is 9.59 Å². The summed E-state index contributed by atoms with van der Waals surface area (Å²) in [5.41, 5.74) is 4.04. The molecule has 3 heterocycles. The van der Waals surface area contributed by atoms with Gasteiger partial charge < -0.3 is 24.8 Å². The van der Waals surface area contributed by atoms with Crippen LogP contribution in [-0.2, 0) is 16.1 Å². The van der Waals surface area contributed by atoms with Gasteiger partial charge in [-0.25, -0.2) is 0 Å². The fourth-order valence-electron chi connectivity index (χ4n) is 6.11. The molecule has 1 saturated carbocycles. The molecule has 3 aliphatic rings. The van der Waals surface area contributed by atoms with Gasteiger partial charge in [0.1, 0.15) is 0 Å². The van der Waals surface area contributed by atoms with Crippen molar-refractivity contribution in [2.75, 3.05) is 32.8 Å². The molecule has 2 N–H and O–H groups in total. The third kappa shape index (κ3) is 8.70. The maximum atomic E-state index is 12.8. The van der Waals surface area contributed by atoms with Gasteiger partial charge in [0, 0.05) is 72.9 Å². The van der Waals surface area contributed by atoms with Crippen molar-refractivity contribution in [2.45, 2.75) is 91.3 Å². The molecule has 41 heavy (non-hydrogen) atoms. The fraction of sp³-hybridized carbons (Fsp3) is 0.588. The van der Waals surface area contributed by atoms with E-state index < -0.39 is 0 Å². The minimum absolute atomic E-state index is 0.160. The highest BCUT2D eigenvalue weighted by atomic mass is 16.5. The maximum absolute atomic E-state index is 12.8. The number of allylic oxidation sites excluding steroid dienone is 4. The summed E-state index contributed by atoms with van der Waals surface area (Å²) < 4.78 is 5.60. The minimum Gasteiger partial charge on any atom is -0.381 e. The van der Waals surface area contributed by atoms with E-state index in [1.54, 1.807) is 0 Å². The highest BCUT2D eigenvalue weighted by molar-refractivity contribution is 5.88. The normalized spacial score (nSPS) is 20.0. The number of carbonyl (C=O) groups excluding carboxylic acids is 1. The first-order valence-corrected chi connectivity index (χ1v) is 15.5. The van der Waals surface area contributed by atoms with Crippen LogP contribution in [0.5, 0.6) is 0 Å². The molecule has 1 aliphatic carbocycles. The lowest BCUT2D eigenvalue weighted by Crippen LogP contribution is -2.44. The molecular formula is C34H48N4O3. The van der Waals surface area contributed by atoms with Crippen molar-refractivity contribution < 1.29 is 9.53 Å². The fourth-order valence-corrected chi connectivity index (χ4v) is 6.11. The van der Waals surface area contributed by atoms with Gasteiger partial charge in [-0.05, 0) is 103 Å². The average molecular weight is 561 g/mol. The highest BCUT2D eigenvalue weighted by Crippen LogP contribution is 2.29. The van der Waals surface area contributed by atoms with Gasteiger partial charge >= 0.3 is 0 Å². The van der Waals surface area contributed by atoms with E-state index in [9.17, 15) is 9.59 Å². The van der Waals surface area contributed by atoms with E-state index in [4.69, 9.17) is 4.74 Å². The minimum atomic E-state index is -0.246. The largest absolute Gasteiger partial charge is 0.381 e. The van der Waals surface area contributed by atoms with E-state index in [2.05, 4.69) is 57.9 Å². The second-order valence-electron chi connectivity index (χ2n) is 11.6. The summed E-state index contributed by atoms with van der Waals surface area (Å²) in [6.07, 6.45) is 15.9. The number of aromatic nitrogens is 1. The zero-order valence-electron chi connectivity index (χ0n) is 25.4. The first kappa shape index (κ1) is 30.9. The number of carbonyl (C=O) groups is 1. The Hall–Kier alpha value is -3.08. The quantitative estimate of drug-likeness (QED) is 0.259. The number of pyridine rings is 1. The zero-order chi connectivity index (χ0) is 29.2. The topological polar surface area (TPSA) is 77.7 Å². The van der Waals surface area contributed by atoms with Gasteiger partial charge in [-0.15, -0.1) is 0 Å². The lowest BCUT2D eigenvalue weighted by Gasteiger charge is -2.41. The molecule has 0 aromatic carbocycles. The lowest BCUT2D eigenvalue weighted by atomic mass is 9.88. The van der Waals surface area contributed by atoms with Crippen molar-refractivity contribution in [1.29, 1.82) is 0 Å². The number of hydrogen-bond donors (Lipinski definition) is 2. The summed E-state index contributed by atoms with van der Waals surface area (Å²) in [5.74, 6) is 7.12. The number of aromatic amines is 1. The summed E-state index contributed by atoms with van der Waals surface area (Å²) in [5, 5.41) is 2.87. The van der Waals surface area contributed by atoms with Gasteiger partial charge in [0.05, 0.1) is 0 Å². The molecule has 3 fully saturated rings. The van der Waals surface area contributed by atoms with Crippen molar-refractivity contribution in [3.63, 3.8) is 0 Å². The zero-order valence-corrected chi connectivity index (χ0v) is 25.4. The molecule has 1 aromatic heterocycles. The number of H-pyrrole nitrogens is 1. The summed E-state index contributed by atoms with van der Waals surface area (Å²) in [4.78, 5) is 33.1. The second kappa shape index (κ2) is 15.2. The first-order valence-electron chi connectivity index (χ1n) is 15.5. The molecule has 2 saturated heterocycles. The number of amides is 1. The molecular weight excluding hydrogens is 512 g/mol. The van der Waals surface area contributed by atoms with Crippen molar-refractivity contribution in [1.82, 2.24) is 20.1 Å². The third-order valence-electron chi connectivity index (χ3n) is 8.79. The highest BCUT2D eigenvalue weighted by Gasteiger charge is 2.28. The molecule has 4 rings (SSSR count). The number of likely N-dealkylation sites (tertiary alicyclic amines) is 1. The summed E-state index contributed by atoms with van der Waals surface area (Å²) in [7, 11) is 0. The molecule has 1 aromatic rings. The monoisotopic (exact) mass is 560 g/mol. The Bertz CT molecular complexity index is 1250. The molecule has 0 unspecified atom stereocenters. The number of rotatable bonds is 9. The number of hydrogen-bond acceptors (Lipinski definition) is 5. The Morgan fingerprint density at radius 2 is 1.88 bits per heavy atom. The van der Waals surface area contributed by atoms with Gasteiger partial charge in [-0.2, -0.15) is 0 Å². The van der Waals surface area contributed by atoms with Crippen LogP contribution in [0.4, 0.5) is 0 Å². The van der Waals surface area contributed by atoms with E-state index in [1.165, 1.54) is 25.3 Å². The Labute approximate surface area is 246 Å². The van der Waals surface area contributed by atoms with Gasteiger partial charge in [-0.1, -0.05) is 24.3 Å². The summed E-state index contributed by atoms with van der Waals surface area (Å²) >= 11 is 0. The first-order chi connectivity index (χ1) is 19.9. The van der Waals surface area contributed by atoms with Crippen LogP contribution in [0.3, 0.4) is 0 Å². The van der Waals surface area contributed by atoms with Crippen molar-refractivity contribution in [3.8, 4) is 11.8 Å². The maximum Gasteiger partial charge on any atom is 0.253 e. The molecule has 7 heteroatoms. The second-order valence-corrected chi connectivity index (χ2v) is 11.6. The number of piperidine rings is 1. The molecule has 2 aliphatic heterocycles. The van der Waals surface area contributed by atoms with E-state index in [0.29, 0.717) is 17.5 Å². The molecule has 0 bridgehead atoms. The van der Waals surface area contributed by atoms with E-state index in [0.717, 1.165) is 87.1 Å². The van der Waals surface area contributed by atoms with Crippen molar-refractivity contribution in [2.24, 2.45) is 5.92 Å². The van der Waals surface area contributed by atoms with E-state index in [1.807, 2.05) is 26.0 Å². The average Bonchev–Trinajstić information content (AvgIpc) is 2.94. The van der Waals surface area contributed by atoms with E-state index >= 15 is 0 Å². The Balaban J connectivity index is 1.48. The number of aryl methyl sites for hydroxylation is 2. The number of nitrogens with one attached hydrogen (secondary N) is 2. The van der Waals surface area contributed by atoms with Crippen molar-refractivity contribution in [3.05, 3.63) is 68.8 Å². The van der Waals surface area contributed by atoms with Crippen LogP contribution in [0.25, 0.3) is 0 Å². The third-order valence-corrected chi connectivity index (χ3v) is 8.79. The van der Waals surface area contributed by atoms with Crippen LogP contribution in [0.2, 0.25) is 0 Å². The van der Waals surface area contributed by atoms with Crippen LogP contribution in [0.15, 0.2) is 46.4 Å². The van der Waals surface area contributed by atoms with Crippen LogP contribution >= 0.6 is 0 Å². The van der Waals surface area contributed by atoms with Gasteiger partial charge in [0.25, 0.3) is 5.56 Å². The van der Waals surface area contributed by atoms with Crippen LogP contribution < -0.4 is 10.9 Å². The Morgan fingerprint density at radius 1 is 1.15 bits per heavy atom. The molecule has 7 nitrogen and oxygen atoms in total. The van der Waals surface area contributed by atoms with Crippen LogP contribution in [0, 0.1) is 31.6 Å². The lowest BCUT2D eigenvalue weighted by molar-refractivity contribution is -0.116.